The molecule has 3 amide bonds. The van der Waals surface area contributed by atoms with E-state index in [9.17, 15) is 24.3 Å². The van der Waals surface area contributed by atoms with Gasteiger partial charge in [-0.05, 0) is 36.1 Å². The maximum atomic E-state index is 12.9. The number of nitrogens with one attached hydrogen (secondary N) is 1. The number of nitrogens with zero attached hydrogens (tertiary/aromatic N) is 1. The summed E-state index contributed by atoms with van der Waals surface area (Å²) in [5, 5.41) is 12.7. The van der Waals surface area contributed by atoms with E-state index >= 15 is 0 Å². The van der Waals surface area contributed by atoms with Gasteiger partial charge in [-0.1, -0.05) is 45.1 Å². The molecule has 2 rings (SSSR count). The third kappa shape index (κ3) is 9.17. The Balaban J connectivity index is 2.05. The predicted molar refractivity (Wildman–Crippen MR) is 138 cm³/mol. The Kier molecular flexibility index (Phi) is 11.5. The summed E-state index contributed by atoms with van der Waals surface area (Å²) in [6.45, 7) is 9.68. The van der Waals surface area contributed by atoms with Gasteiger partial charge in [0.05, 0.1) is 7.11 Å². The summed E-state index contributed by atoms with van der Waals surface area (Å²) in [5.41, 5.74) is 0.795. The fourth-order valence-electron chi connectivity index (χ4n) is 3.75. The van der Waals surface area contributed by atoms with Crippen LogP contribution in [0.1, 0.15) is 45.6 Å². The summed E-state index contributed by atoms with van der Waals surface area (Å²) in [7, 11) is 1.55. The molecular formula is C28H38N2O7. The second-order valence-corrected chi connectivity index (χ2v) is 9.60. The zero-order valence-electron chi connectivity index (χ0n) is 22.0. The van der Waals surface area contributed by atoms with Gasteiger partial charge in [-0.15, -0.1) is 6.58 Å². The van der Waals surface area contributed by atoms with Gasteiger partial charge in [-0.25, -0.2) is 4.79 Å². The first kappa shape index (κ1) is 29.8. The van der Waals surface area contributed by atoms with Gasteiger partial charge in [0.15, 0.2) is 6.10 Å². The molecule has 9 nitrogen and oxygen atoms in total. The SMILES string of the molecule is C=C[C@@H](C)[C@H](C/C=C/C(=O)N[C@H](Cc1ccc(OC)cc1)C(=O)N1CCC1=O)OC(=O)[C@@H](O)CC(C)C. The number of hydrogen-bond acceptors (Lipinski definition) is 7. The number of carbonyl (C=O) groups is 4. The quantitative estimate of drug-likeness (QED) is 0.169. The van der Waals surface area contributed by atoms with E-state index in [2.05, 4.69) is 11.9 Å². The van der Waals surface area contributed by atoms with Crippen molar-refractivity contribution >= 4 is 23.7 Å². The number of esters is 1. The molecule has 1 saturated heterocycles. The number of methoxy groups -OCH3 is 1. The van der Waals surface area contributed by atoms with Gasteiger partial charge in [0.25, 0.3) is 5.91 Å². The lowest BCUT2D eigenvalue weighted by Crippen LogP contribution is -2.56. The minimum Gasteiger partial charge on any atom is -0.497 e. The summed E-state index contributed by atoms with van der Waals surface area (Å²) < 4.78 is 10.6. The lowest BCUT2D eigenvalue weighted by Gasteiger charge is -2.32. The van der Waals surface area contributed by atoms with Gasteiger partial charge in [-0.2, -0.15) is 0 Å². The number of carbonyl (C=O) groups excluding carboxylic acids is 4. The van der Waals surface area contributed by atoms with Crippen molar-refractivity contribution in [3.05, 3.63) is 54.6 Å². The van der Waals surface area contributed by atoms with Crippen molar-refractivity contribution in [2.24, 2.45) is 11.8 Å². The van der Waals surface area contributed by atoms with Crippen molar-refractivity contribution in [1.29, 1.82) is 0 Å². The molecule has 0 radical (unpaired) electrons. The van der Waals surface area contributed by atoms with Crippen LogP contribution in [0.5, 0.6) is 5.75 Å². The smallest absolute Gasteiger partial charge is 0.335 e. The molecule has 0 bridgehead atoms. The summed E-state index contributed by atoms with van der Waals surface area (Å²) >= 11 is 0. The first-order valence-corrected chi connectivity index (χ1v) is 12.5. The summed E-state index contributed by atoms with van der Waals surface area (Å²) in [6.07, 6.45) is 3.62. The Morgan fingerprint density at radius 2 is 1.86 bits per heavy atom. The number of rotatable bonds is 14. The van der Waals surface area contributed by atoms with Gasteiger partial charge < -0.3 is 19.9 Å². The van der Waals surface area contributed by atoms with Crippen LogP contribution in [-0.2, 0) is 30.3 Å². The van der Waals surface area contributed by atoms with Gasteiger partial charge in [0.2, 0.25) is 11.8 Å². The first-order chi connectivity index (χ1) is 17.5. The number of benzene rings is 1. The molecule has 1 aromatic carbocycles. The zero-order valence-corrected chi connectivity index (χ0v) is 22.0. The molecule has 202 valence electrons. The Morgan fingerprint density at radius 1 is 1.19 bits per heavy atom. The topological polar surface area (TPSA) is 122 Å². The van der Waals surface area contributed by atoms with Crippen molar-refractivity contribution in [2.45, 2.75) is 64.7 Å². The van der Waals surface area contributed by atoms with E-state index in [1.807, 2.05) is 20.8 Å². The lowest BCUT2D eigenvalue weighted by molar-refractivity contribution is -0.161. The molecular weight excluding hydrogens is 476 g/mol. The highest BCUT2D eigenvalue weighted by molar-refractivity contribution is 6.03. The number of likely N-dealkylation sites (tertiary alicyclic amines) is 1. The van der Waals surface area contributed by atoms with E-state index in [1.165, 1.54) is 6.08 Å². The molecule has 1 heterocycles. The van der Waals surface area contributed by atoms with Crippen molar-refractivity contribution < 1.29 is 33.8 Å². The third-order valence-electron chi connectivity index (χ3n) is 6.16. The minimum absolute atomic E-state index is 0.126. The summed E-state index contributed by atoms with van der Waals surface area (Å²) in [4.78, 5) is 50.9. The molecule has 0 aliphatic carbocycles. The van der Waals surface area contributed by atoms with Gasteiger partial charge in [0, 0.05) is 31.7 Å². The normalized spacial score (nSPS) is 16.5. The zero-order chi connectivity index (χ0) is 27.5. The molecule has 37 heavy (non-hydrogen) atoms. The van der Waals surface area contributed by atoms with E-state index in [-0.39, 0.29) is 37.0 Å². The van der Waals surface area contributed by atoms with E-state index in [4.69, 9.17) is 9.47 Å². The molecule has 1 aromatic rings. The molecule has 1 fully saturated rings. The average molecular weight is 515 g/mol. The third-order valence-corrected chi connectivity index (χ3v) is 6.16. The maximum Gasteiger partial charge on any atom is 0.335 e. The molecule has 0 spiro atoms. The van der Waals surface area contributed by atoms with Crippen LogP contribution in [0.2, 0.25) is 0 Å². The van der Waals surface area contributed by atoms with Crippen molar-refractivity contribution in [3.63, 3.8) is 0 Å². The highest BCUT2D eigenvalue weighted by atomic mass is 16.6. The molecule has 0 unspecified atom stereocenters. The van der Waals surface area contributed by atoms with Gasteiger partial charge >= 0.3 is 5.97 Å². The average Bonchev–Trinajstić information content (AvgIpc) is 2.86. The summed E-state index contributed by atoms with van der Waals surface area (Å²) in [6, 6.07) is 6.17. The number of ether oxygens (including phenoxy) is 2. The van der Waals surface area contributed by atoms with Crippen LogP contribution in [0.25, 0.3) is 0 Å². The van der Waals surface area contributed by atoms with Crippen LogP contribution in [0.4, 0.5) is 0 Å². The molecule has 2 N–H and O–H groups in total. The highest BCUT2D eigenvalue weighted by Gasteiger charge is 2.35. The van der Waals surface area contributed by atoms with Crippen LogP contribution < -0.4 is 10.1 Å². The maximum absolute atomic E-state index is 12.9. The van der Waals surface area contributed by atoms with Crippen molar-refractivity contribution in [3.8, 4) is 5.75 Å². The number of hydrogen-bond donors (Lipinski definition) is 2. The van der Waals surface area contributed by atoms with Gasteiger partial charge in [-0.3, -0.25) is 19.3 Å². The number of amides is 3. The molecule has 4 atom stereocenters. The Hall–Kier alpha value is -3.46. The van der Waals surface area contributed by atoms with Crippen molar-refractivity contribution in [2.75, 3.05) is 13.7 Å². The second-order valence-electron chi connectivity index (χ2n) is 9.60. The Bertz CT molecular complexity index is 987. The fraction of sp³-hybridized carbons (Fsp3) is 0.500. The monoisotopic (exact) mass is 514 g/mol. The minimum atomic E-state index is -1.22. The second kappa shape index (κ2) is 14.3. The summed E-state index contributed by atoms with van der Waals surface area (Å²) in [5.74, 6) is -1.38. The number of imide groups is 1. The molecule has 0 aromatic heterocycles. The Morgan fingerprint density at radius 3 is 2.38 bits per heavy atom. The van der Waals surface area contributed by atoms with E-state index in [0.29, 0.717) is 18.7 Å². The van der Waals surface area contributed by atoms with E-state index in [1.54, 1.807) is 43.5 Å². The molecule has 9 heteroatoms. The van der Waals surface area contributed by atoms with E-state index in [0.717, 1.165) is 10.5 Å². The molecule has 1 aliphatic rings. The van der Waals surface area contributed by atoms with E-state index < -0.39 is 36.0 Å². The standard InChI is InChI=1S/C28H38N2O7/c1-6-19(4)24(37-28(35)23(31)16-18(2)3)8-7-9-25(32)29-22(27(34)30-15-14-26(30)33)17-20-10-12-21(36-5)13-11-20/h6-7,9-13,18-19,22-24,31H,1,8,14-17H2,2-5H3,(H,29,32)/b9-7+/t19-,22-,23+,24+/m1/s1. The van der Waals surface area contributed by atoms with Crippen LogP contribution in [0, 0.1) is 11.8 Å². The number of β-lactam (4-membered cyclic amide) rings is 1. The first-order valence-electron chi connectivity index (χ1n) is 12.5. The highest BCUT2D eigenvalue weighted by Crippen LogP contribution is 2.18. The van der Waals surface area contributed by atoms with Crippen LogP contribution in [-0.4, -0.2) is 65.6 Å². The lowest BCUT2D eigenvalue weighted by atomic mass is 10.0. The Labute approximate surface area is 218 Å². The largest absolute Gasteiger partial charge is 0.497 e. The van der Waals surface area contributed by atoms with Crippen LogP contribution >= 0.6 is 0 Å². The number of aliphatic hydroxyl groups is 1. The van der Waals surface area contributed by atoms with Crippen LogP contribution in [0.15, 0.2) is 49.1 Å². The predicted octanol–water partition coefficient (Wildman–Crippen LogP) is 2.57. The van der Waals surface area contributed by atoms with Crippen LogP contribution in [0.3, 0.4) is 0 Å². The molecule has 1 aliphatic heterocycles. The molecule has 0 saturated carbocycles. The number of aliphatic hydroxyl groups excluding tert-OH is 1. The van der Waals surface area contributed by atoms with Gasteiger partial charge in [0.1, 0.15) is 17.9 Å². The fourth-order valence-corrected chi connectivity index (χ4v) is 3.75. The van der Waals surface area contributed by atoms with Crippen molar-refractivity contribution in [1.82, 2.24) is 10.2 Å².